The fraction of sp³-hybridized carbons (Fsp3) is 0.188. The highest BCUT2D eigenvalue weighted by Gasteiger charge is 2.18. The van der Waals surface area contributed by atoms with Gasteiger partial charge in [0.1, 0.15) is 0 Å². The summed E-state index contributed by atoms with van der Waals surface area (Å²) in [6, 6.07) is 14.2. The van der Waals surface area contributed by atoms with E-state index in [1.165, 1.54) is 17.7 Å². The zero-order chi connectivity index (χ0) is 16.2. The Bertz CT molecular complexity index is 750. The standard InChI is InChI=1S/C16H17NO4S/c1-12-2-4-13(5-3-12)10-17-14-6-8-15(9-7-14)22(20,21)11-16(18)19/h2-9,17H,10-11H2,1H3,(H,18,19). The summed E-state index contributed by atoms with van der Waals surface area (Å²) >= 11 is 0. The minimum Gasteiger partial charge on any atom is -0.480 e. The molecular formula is C16H17NO4S. The molecule has 0 radical (unpaired) electrons. The number of carboxylic acids is 1. The van der Waals surface area contributed by atoms with E-state index in [2.05, 4.69) is 5.32 Å². The summed E-state index contributed by atoms with van der Waals surface area (Å²) in [5.74, 6) is -2.26. The Morgan fingerprint density at radius 2 is 1.64 bits per heavy atom. The molecule has 0 fully saturated rings. The number of aryl methyl sites for hydroxylation is 1. The number of sulfone groups is 1. The summed E-state index contributed by atoms with van der Waals surface area (Å²) in [5.41, 5.74) is 3.08. The molecule has 2 N–H and O–H groups in total. The van der Waals surface area contributed by atoms with Crippen LogP contribution in [-0.4, -0.2) is 25.2 Å². The van der Waals surface area contributed by atoms with Gasteiger partial charge in [0.2, 0.25) is 0 Å². The van der Waals surface area contributed by atoms with E-state index in [0.717, 1.165) is 11.3 Å². The third-order valence-corrected chi connectivity index (χ3v) is 4.76. The fourth-order valence-electron chi connectivity index (χ4n) is 1.94. The number of benzene rings is 2. The first-order chi connectivity index (χ1) is 10.4. The maximum Gasteiger partial charge on any atom is 0.319 e. The predicted octanol–water partition coefficient (Wildman–Crippen LogP) is 2.47. The largest absolute Gasteiger partial charge is 0.480 e. The van der Waals surface area contributed by atoms with Gasteiger partial charge in [0.05, 0.1) is 4.90 Å². The Hall–Kier alpha value is -2.34. The number of hydrogen-bond donors (Lipinski definition) is 2. The molecule has 0 heterocycles. The van der Waals surface area contributed by atoms with Crippen LogP contribution in [0.15, 0.2) is 53.4 Å². The van der Waals surface area contributed by atoms with E-state index < -0.39 is 21.6 Å². The fourth-order valence-corrected chi connectivity index (χ4v) is 2.98. The summed E-state index contributed by atoms with van der Waals surface area (Å²) < 4.78 is 23.5. The number of carboxylic acid groups (broad SMARTS) is 1. The van der Waals surface area contributed by atoms with Crippen LogP contribution in [0.3, 0.4) is 0 Å². The van der Waals surface area contributed by atoms with Gasteiger partial charge in [0, 0.05) is 12.2 Å². The highest BCUT2D eigenvalue weighted by Crippen LogP contribution is 2.16. The minimum atomic E-state index is -3.78. The van der Waals surface area contributed by atoms with E-state index in [0.29, 0.717) is 6.54 Å². The Morgan fingerprint density at radius 3 is 2.18 bits per heavy atom. The smallest absolute Gasteiger partial charge is 0.319 e. The molecule has 0 amide bonds. The van der Waals surface area contributed by atoms with Crippen LogP contribution in [0.4, 0.5) is 5.69 Å². The van der Waals surface area contributed by atoms with Crippen molar-refractivity contribution in [1.82, 2.24) is 0 Å². The van der Waals surface area contributed by atoms with Crippen molar-refractivity contribution >= 4 is 21.5 Å². The normalized spacial score (nSPS) is 11.1. The Morgan fingerprint density at radius 1 is 1.05 bits per heavy atom. The lowest BCUT2D eigenvalue weighted by molar-refractivity contribution is -0.134. The first-order valence-corrected chi connectivity index (χ1v) is 8.36. The van der Waals surface area contributed by atoms with Crippen molar-refractivity contribution in [2.75, 3.05) is 11.1 Å². The predicted molar refractivity (Wildman–Crippen MR) is 84.6 cm³/mol. The molecule has 0 spiro atoms. The van der Waals surface area contributed by atoms with Gasteiger partial charge in [-0.2, -0.15) is 0 Å². The van der Waals surface area contributed by atoms with Gasteiger partial charge < -0.3 is 10.4 Å². The van der Waals surface area contributed by atoms with Gasteiger partial charge in [0.25, 0.3) is 0 Å². The van der Waals surface area contributed by atoms with Crippen LogP contribution < -0.4 is 5.32 Å². The number of aliphatic carboxylic acids is 1. The summed E-state index contributed by atoms with van der Waals surface area (Å²) in [4.78, 5) is 10.6. The SMILES string of the molecule is Cc1ccc(CNc2ccc(S(=O)(=O)CC(=O)O)cc2)cc1. The molecule has 5 nitrogen and oxygen atoms in total. The quantitative estimate of drug-likeness (QED) is 0.854. The average Bonchev–Trinajstić information content (AvgIpc) is 2.46. The first kappa shape index (κ1) is 16.0. The molecule has 0 aliphatic rings. The van der Waals surface area contributed by atoms with Crippen LogP contribution in [-0.2, 0) is 21.2 Å². The van der Waals surface area contributed by atoms with Gasteiger partial charge in [-0.25, -0.2) is 8.42 Å². The maximum absolute atomic E-state index is 11.8. The second-order valence-corrected chi connectivity index (χ2v) is 7.01. The molecule has 22 heavy (non-hydrogen) atoms. The molecule has 0 atom stereocenters. The van der Waals surface area contributed by atoms with Gasteiger partial charge in [0.15, 0.2) is 15.6 Å². The topological polar surface area (TPSA) is 83.5 Å². The van der Waals surface area contributed by atoms with E-state index in [1.807, 2.05) is 31.2 Å². The van der Waals surface area contributed by atoms with Gasteiger partial charge in [-0.3, -0.25) is 4.79 Å². The van der Waals surface area contributed by atoms with Crippen LogP contribution in [0.2, 0.25) is 0 Å². The summed E-state index contributed by atoms with van der Waals surface area (Å²) in [6.45, 7) is 2.65. The lowest BCUT2D eigenvalue weighted by Gasteiger charge is -2.08. The molecule has 0 aliphatic heterocycles. The molecule has 0 aliphatic carbocycles. The van der Waals surface area contributed by atoms with Crippen molar-refractivity contribution in [3.8, 4) is 0 Å². The van der Waals surface area contributed by atoms with E-state index in [9.17, 15) is 13.2 Å². The molecule has 2 rings (SSSR count). The van der Waals surface area contributed by atoms with Crippen molar-refractivity contribution in [3.63, 3.8) is 0 Å². The summed E-state index contributed by atoms with van der Waals surface area (Å²) in [5, 5.41) is 11.8. The van der Waals surface area contributed by atoms with Gasteiger partial charge in [-0.05, 0) is 36.8 Å². The van der Waals surface area contributed by atoms with Crippen molar-refractivity contribution in [3.05, 3.63) is 59.7 Å². The number of carbonyl (C=O) groups is 1. The van der Waals surface area contributed by atoms with Crippen LogP contribution >= 0.6 is 0 Å². The van der Waals surface area contributed by atoms with Gasteiger partial charge in [-0.15, -0.1) is 0 Å². The number of rotatable bonds is 6. The maximum atomic E-state index is 11.8. The van der Waals surface area contributed by atoms with Crippen LogP contribution in [0.5, 0.6) is 0 Å². The minimum absolute atomic E-state index is 0.00999. The van der Waals surface area contributed by atoms with E-state index in [4.69, 9.17) is 5.11 Å². The lowest BCUT2D eigenvalue weighted by atomic mass is 10.1. The second-order valence-electron chi connectivity index (χ2n) is 5.02. The monoisotopic (exact) mass is 319 g/mol. The molecule has 0 bridgehead atoms. The van der Waals surface area contributed by atoms with Crippen molar-refractivity contribution in [2.45, 2.75) is 18.4 Å². The van der Waals surface area contributed by atoms with E-state index >= 15 is 0 Å². The average molecular weight is 319 g/mol. The third-order valence-electron chi connectivity index (χ3n) is 3.14. The second kappa shape index (κ2) is 6.62. The number of anilines is 1. The van der Waals surface area contributed by atoms with Crippen molar-refractivity contribution < 1.29 is 18.3 Å². The molecule has 0 saturated heterocycles. The Kier molecular flexibility index (Phi) is 4.82. The Balaban J connectivity index is 2.03. The molecule has 2 aromatic carbocycles. The van der Waals surface area contributed by atoms with Gasteiger partial charge in [-0.1, -0.05) is 29.8 Å². The molecule has 0 unspecified atom stereocenters. The number of hydrogen-bond acceptors (Lipinski definition) is 4. The lowest BCUT2D eigenvalue weighted by Crippen LogP contribution is -2.15. The highest BCUT2D eigenvalue weighted by atomic mass is 32.2. The highest BCUT2D eigenvalue weighted by molar-refractivity contribution is 7.92. The molecule has 2 aromatic rings. The van der Waals surface area contributed by atoms with Crippen LogP contribution in [0.1, 0.15) is 11.1 Å². The summed E-state index contributed by atoms with van der Waals surface area (Å²) in [6.07, 6.45) is 0. The van der Waals surface area contributed by atoms with Gasteiger partial charge >= 0.3 is 5.97 Å². The van der Waals surface area contributed by atoms with E-state index in [1.54, 1.807) is 12.1 Å². The summed E-state index contributed by atoms with van der Waals surface area (Å²) in [7, 11) is -3.78. The molecular weight excluding hydrogens is 302 g/mol. The number of nitrogens with one attached hydrogen (secondary N) is 1. The molecule has 6 heteroatoms. The third kappa shape index (κ3) is 4.33. The van der Waals surface area contributed by atoms with Crippen molar-refractivity contribution in [2.24, 2.45) is 0 Å². The molecule has 116 valence electrons. The first-order valence-electron chi connectivity index (χ1n) is 6.71. The molecule has 0 aromatic heterocycles. The molecule has 0 saturated carbocycles. The zero-order valence-electron chi connectivity index (χ0n) is 12.1. The van der Waals surface area contributed by atoms with Crippen molar-refractivity contribution in [1.29, 1.82) is 0 Å². The zero-order valence-corrected chi connectivity index (χ0v) is 12.9. The van der Waals surface area contributed by atoms with E-state index in [-0.39, 0.29) is 4.90 Å². The van der Waals surface area contributed by atoms with Crippen LogP contribution in [0.25, 0.3) is 0 Å². The van der Waals surface area contributed by atoms with Crippen LogP contribution in [0, 0.1) is 6.92 Å². The Labute approximate surface area is 129 Å².